The molecule has 0 aliphatic rings. The highest BCUT2D eigenvalue weighted by atomic mass is 32.1. The predicted octanol–water partition coefficient (Wildman–Crippen LogP) is 0.909. The van der Waals surface area contributed by atoms with Crippen molar-refractivity contribution < 1.29 is 24.7 Å². The smallest absolute Gasteiger partial charge is 0.324 e. The van der Waals surface area contributed by atoms with Gasteiger partial charge in [-0.05, 0) is 5.56 Å². The van der Waals surface area contributed by atoms with Crippen LogP contribution in [0.25, 0.3) is 0 Å². The lowest BCUT2D eigenvalue weighted by atomic mass is 10.0. The molecule has 8 heteroatoms. The third kappa shape index (κ3) is 2.29. The second kappa shape index (κ2) is 4.05. The number of nitro groups is 1. The van der Waals surface area contributed by atoms with Gasteiger partial charge in [-0.3, -0.25) is 19.7 Å². The Labute approximate surface area is 86.7 Å². The number of hydrogen-bond acceptors (Lipinski definition) is 5. The molecule has 2 N–H and O–H groups in total. The quantitative estimate of drug-likeness (QED) is 0.451. The van der Waals surface area contributed by atoms with Crippen LogP contribution in [0, 0.1) is 10.1 Å². The van der Waals surface area contributed by atoms with Crippen molar-refractivity contribution in [3.05, 3.63) is 27.1 Å². The van der Waals surface area contributed by atoms with Gasteiger partial charge in [0.05, 0.1) is 4.92 Å². The fourth-order valence-corrected chi connectivity index (χ4v) is 1.73. The summed E-state index contributed by atoms with van der Waals surface area (Å²) in [5, 5.41) is 28.4. The molecular formula is C7H5NO6S. The molecule has 0 spiro atoms. The van der Waals surface area contributed by atoms with Crippen molar-refractivity contribution in [2.24, 2.45) is 0 Å². The first-order valence-electron chi connectivity index (χ1n) is 3.62. The van der Waals surface area contributed by atoms with Crippen LogP contribution in [-0.2, 0) is 9.59 Å². The molecule has 0 aliphatic heterocycles. The van der Waals surface area contributed by atoms with Crippen LogP contribution in [-0.4, -0.2) is 27.1 Å². The fraction of sp³-hybridized carbons (Fsp3) is 0.143. The number of carboxylic acid groups (broad SMARTS) is 2. The Morgan fingerprint density at radius 1 is 1.40 bits per heavy atom. The molecule has 0 aliphatic carbocycles. The standard InChI is InChI=1S/C7H5NO6S/c9-6(10)5(7(11)12)3-1-4(8(13)14)15-2-3/h1-2,5H,(H,9,10)(H,11,12). The van der Waals surface area contributed by atoms with Gasteiger partial charge in [-0.2, -0.15) is 0 Å². The van der Waals surface area contributed by atoms with Gasteiger partial charge in [-0.1, -0.05) is 11.3 Å². The molecule has 1 aromatic heterocycles. The molecule has 7 nitrogen and oxygen atoms in total. The average molecular weight is 231 g/mol. The van der Waals surface area contributed by atoms with E-state index in [0.29, 0.717) is 11.3 Å². The van der Waals surface area contributed by atoms with E-state index in [0.717, 1.165) is 11.4 Å². The molecular weight excluding hydrogens is 226 g/mol. The van der Waals surface area contributed by atoms with Crippen LogP contribution in [0.4, 0.5) is 5.00 Å². The van der Waals surface area contributed by atoms with Crippen molar-refractivity contribution in [2.45, 2.75) is 5.92 Å². The zero-order valence-electron chi connectivity index (χ0n) is 7.11. The Bertz CT molecular complexity index is 411. The minimum atomic E-state index is -1.75. The number of carboxylic acids is 2. The lowest BCUT2D eigenvalue weighted by molar-refractivity contribution is -0.380. The van der Waals surface area contributed by atoms with Gasteiger partial charge in [0.25, 0.3) is 0 Å². The minimum absolute atomic E-state index is 0.0910. The monoisotopic (exact) mass is 231 g/mol. The summed E-state index contributed by atoms with van der Waals surface area (Å²) in [4.78, 5) is 30.7. The van der Waals surface area contributed by atoms with Crippen molar-refractivity contribution in [1.82, 2.24) is 0 Å². The number of rotatable bonds is 4. The summed E-state index contributed by atoms with van der Waals surface area (Å²) in [6, 6.07) is 0.956. The Kier molecular flexibility index (Phi) is 3.00. The van der Waals surface area contributed by atoms with Crippen LogP contribution in [0.15, 0.2) is 11.4 Å². The maximum atomic E-state index is 10.6. The Morgan fingerprint density at radius 2 is 1.93 bits per heavy atom. The van der Waals surface area contributed by atoms with Crippen LogP contribution < -0.4 is 0 Å². The number of nitrogens with zero attached hydrogens (tertiary/aromatic N) is 1. The fourth-order valence-electron chi connectivity index (χ4n) is 0.977. The van der Waals surface area contributed by atoms with Gasteiger partial charge in [0.15, 0.2) is 5.92 Å². The van der Waals surface area contributed by atoms with Gasteiger partial charge in [0.1, 0.15) is 0 Å². The van der Waals surface area contributed by atoms with Gasteiger partial charge in [0.2, 0.25) is 0 Å². The summed E-state index contributed by atoms with van der Waals surface area (Å²) in [6.07, 6.45) is 0. The SMILES string of the molecule is O=C(O)C(C(=O)O)c1csc([N+](=O)[O-])c1. The molecule has 0 aromatic carbocycles. The molecule has 0 saturated carbocycles. The predicted molar refractivity (Wildman–Crippen MR) is 49.0 cm³/mol. The van der Waals surface area contributed by atoms with E-state index in [1.165, 1.54) is 0 Å². The highest BCUT2D eigenvalue weighted by Gasteiger charge is 2.30. The third-order valence-electron chi connectivity index (χ3n) is 1.61. The molecule has 1 aromatic rings. The lowest BCUT2D eigenvalue weighted by Crippen LogP contribution is -2.20. The van der Waals surface area contributed by atoms with E-state index in [1.807, 2.05) is 0 Å². The molecule has 80 valence electrons. The first-order valence-corrected chi connectivity index (χ1v) is 4.50. The van der Waals surface area contributed by atoms with Crippen molar-refractivity contribution in [3.63, 3.8) is 0 Å². The van der Waals surface area contributed by atoms with Crippen LogP contribution in [0.1, 0.15) is 11.5 Å². The maximum absolute atomic E-state index is 10.6. The van der Waals surface area contributed by atoms with Gasteiger partial charge in [-0.15, -0.1) is 0 Å². The van der Waals surface area contributed by atoms with Gasteiger partial charge < -0.3 is 10.2 Å². The zero-order valence-corrected chi connectivity index (χ0v) is 7.93. The lowest BCUT2D eigenvalue weighted by Gasteiger charge is -2.02. The minimum Gasteiger partial charge on any atom is -0.480 e. The molecule has 0 unspecified atom stereocenters. The Morgan fingerprint density at radius 3 is 2.27 bits per heavy atom. The largest absolute Gasteiger partial charge is 0.480 e. The topological polar surface area (TPSA) is 118 Å². The van der Waals surface area contributed by atoms with E-state index < -0.39 is 22.8 Å². The summed E-state index contributed by atoms with van der Waals surface area (Å²) in [5.41, 5.74) is -0.0910. The Balaban J connectivity index is 3.07. The van der Waals surface area contributed by atoms with Crippen molar-refractivity contribution in [3.8, 4) is 0 Å². The summed E-state index contributed by atoms with van der Waals surface area (Å²) in [6.45, 7) is 0. The third-order valence-corrected chi connectivity index (χ3v) is 2.51. The number of aliphatic carboxylic acids is 2. The molecule has 0 fully saturated rings. The molecule has 0 saturated heterocycles. The van der Waals surface area contributed by atoms with E-state index in [1.54, 1.807) is 0 Å². The van der Waals surface area contributed by atoms with E-state index in [2.05, 4.69) is 0 Å². The van der Waals surface area contributed by atoms with E-state index in [9.17, 15) is 19.7 Å². The highest BCUT2D eigenvalue weighted by molar-refractivity contribution is 7.13. The first kappa shape index (κ1) is 11.1. The van der Waals surface area contributed by atoms with E-state index in [4.69, 9.17) is 10.2 Å². The summed E-state index contributed by atoms with van der Waals surface area (Å²) < 4.78 is 0. The molecule has 0 radical (unpaired) electrons. The van der Waals surface area contributed by atoms with Crippen molar-refractivity contribution in [2.75, 3.05) is 0 Å². The molecule has 15 heavy (non-hydrogen) atoms. The molecule has 1 heterocycles. The van der Waals surface area contributed by atoms with Crippen LogP contribution in [0.5, 0.6) is 0 Å². The van der Waals surface area contributed by atoms with Gasteiger partial charge in [0, 0.05) is 11.4 Å². The number of carbonyl (C=O) groups is 2. The van der Waals surface area contributed by atoms with Crippen molar-refractivity contribution >= 4 is 28.3 Å². The summed E-state index contributed by atoms with van der Waals surface area (Å²) >= 11 is 0.695. The van der Waals surface area contributed by atoms with Crippen LogP contribution in [0.2, 0.25) is 0 Å². The average Bonchev–Trinajstić information content (AvgIpc) is 2.51. The first-order chi connectivity index (χ1) is 6.93. The molecule has 0 bridgehead atoms. The Hall–Kier alpha value is -1.96. The second-order valence-corrected chi connectivity index (χ2v) is 3.47. The molecule has 0 amide bonds. The van der Waals surface area contributed by atoms with E-state index in [-0.39, 0.29) is 10.6 Å². The zero-order chi connectivity index (χ0) is 11.6. The second-order valence-electron chi connectivity index (χ2n) is 2.58. The van der Waals surface area contributed by atoms with E-state index >= 15 is 0 Å². The van der Waals surface area contributed by atoms with Crippen molar-refractivity contribution in [1.29, 1.82) is 0 Å². The van der Waals surface area contributed by atoms with Gasteiger partial charge in [-0.25, -0.2) is 0 Å². The highest BCUT2D eigenvalue weighted by Crippen LogP contribution is 2.28. The van der Waals surface area contributed by atoms with Crippen LogP contribution >= 0.6 is 11.3 Å². The maximum Gasteiger partial charge on any atom is 0.324 e. The number of thiophene rings is 1. The number of hydrogen-bond donors (Lipinski definition) is 2. The molecule has 1 rings (SSSR count). The molecule has 0 atom stereocenters. The van der Waals surface area contributed by atoms with Gasteiger partial charge >= 0.3 is 16.9 Å². The summed E-state index contributed by atoms with van der Waals surface area (Å²) in [5.74, 6) is -4.85. The normalized spacial score (nSPS) is 10.2. The summed E-state index contributed by atoms with van der Waals surface area (Å²) in [7, 11) is 0. The van der Waals surface area contributed by atoms with Crippen LogP contribution in [0.3, 0.4) is 0 Å².